The summed E-state index contributed by atoms with van der Waals surface area (Å²) < 4.78 is 13.0. The van der Waals surface area contributed by atoms with Crippen LogP contribution in [0, 0.1) is 12.7 Å². The summed E-state index contributed by atoms with van der Waals surface area (Å²) in [6.45, 7) is 4.76. The molecule has 0 amide bonds. The highest BCUT2D eigenvalue weighted by Crippen LogP contribution is 2.24. The first-order valence-electron chi connectivity index (χ1n) is 6.15. The van der Waals surface area contributed by atoms with Crippen molar-refractivity contribution in [2.24, 2.45) is 0 Å². The Hall–Kier alpha value is -1.45. The van der Waals surface area contributed by atoms with Crippen LogP contribution in [-0.4, -0.2) is 4.98 Å². The lowest BCUT2D eigenvalue weighted by Crippen LogP contribution is -2.19. The van der Waals surface area contributed by atoms with Gasteiger partial charge in [-0.2, -0.15) is 0 Å². The topological polar surface area (TPSA) is 24.9 Å². The van der Waals surface area contributed by atoms with Crippen LogP contribution in [0.25, 0.3) is 0 Å². The monoisotopic (exact) mass is 278 g/mol. The molecule has 0 fully saturated rings. The number of hydrogen-bond acceptors (Lipinski definition) is 2. The molecule has 1 N–H and O–H groups in total. The fourth-order valence-electron chi connectivity index (χ4n) is 1.93. The van der Waals surface area contributed by atoms with Gasteiger partial charge in [-0.3, -0.25) is 4.98 Å². The number of halogens is 2. The van der Waals surface area contributed by atoms with Crippen LogP contribution in [0.5, 0.6) is 0 Å². The van der Waals surface area contributed by atoms with Crippen molar-refractivity contribution < 1.29 is 4.39 Å². The molecule has 100 valence electrons. The van der Waals surface area contributed by atoms with Crippen molar-refractivity contribution in [2.75, 3.05) is 0 Å². The van der Waals surface area contributed by atoms with E-state index in [1.807, 2.05) is 26.1 Å². The molecule has 0 aliphatic rings. The van der Waals surface area contributed by atoms with Gasteiger partial charge in [0.05, 0.1) is 0 Å². The van der Waals surface area contributed by atoms with Gasteiger partial charge in [0.2, 0.25) is 0 Å². The van der Waals surface area contributed by atoms with Crippen LogP contribution >= 0.6 is 11.6 Å². The first kappa shape index (κ1) is 14.0. The van der Waals surface area contributed by atoms with Gasteiger partial charge in [-0.15, -0.1) is 0 Å². The fraction of sp³-hybridized carbons (Fsp3) is 0.267. The predicted molar refractivity (Wildman–Crippen MR) is 75.6 cm³/mol. The molecule has 1 unspecified atom stereocenters. The normalized spacial score (nSPS) is 12.4. The molecule has 1 heterocycles. The number of nitrogens with zero attached hydrogens (tertiary/aromatic N) is 1. The molecule has 4 heteroatoms. The van der Waals surface area contributed by atoms with E-state index in [2.05, 4.69) is 10.3 Å². The van der Waals surface area contributed by atoms with Crippen molar-refractivity contribution in [2.45, 2.75) is 26.4 Å². The maximum Gasteiger partial charge on any atom is 0.124 e. The Bertz CT molecular complexity index is 572. The average molecular weight is 279 g/mol. The van der Waals surface area contributed by atoms with Crippen molar-refractivity contribution >= 4 is 11.6 Å². The molecular weight excluding hydrogens is 263 g/mol. The minimum atomic E-state index is -0.314. The van der Waals surface area contributed by atoms with Crippen LogP contribution in [0.4, 0.5) is 4.39 Å². The maximum atomic E-state index is 13.0. The lowest BCUT2D eigenvalue weighted by molar-refractivity contribution is 0.570. The zero-order valence-corrected chi connectivity index (χ0v) is 11.7. The largest absolute Gasteiger partial charge is 0.306 e. The molecule has 2 nitrogen and oxygen atoms in total. The number of pyridine rings is 1. The highest BCUT2D eigenvalue weighted by Gasteiger charge is 2.10. The minimum Gasteiger partial charge on any atom is -0.306 e. The molecule has 0 saturated heterocycles. The molecule has 19 heavy (non-hydrogen) atoms. The molecule has 0 saturated carbocycles. The van der Waals surface area contributed by atoms with Crippen LogP contribution in [0.1, 0.15) is 29.7 Å². The van der Waals surface area contributed by atoms with Gasteiger partial charge in [-0.25, -0.2) is 4.39 Å². The summed E-state index contributed by atoms with van der Waals surface area (Å²) >= 11 is 6.05. The van der Waals surface area contributed by atoms with Gasteiger partial charge in [0.25, 0.3) is 0 Å². The van der Waals surface area contributed by atoms with Crippen LogP contribution in [-0.2, 0) is 6.54 Å². The minimum absolute atomic E-state index is 0.0562. The Kier molecular flexibility index (Phi) is 4.51. The zero-order chi connectivity index (χ0) is 13.8. The van der Waals surface area contributed by atoms with E-state index in [0.29, 0.717) is 5.02 Å². The first-order chi connectivity index (χ1) is 9.08. The molecule has 0 radical (unpaired) electrons. The molecule has 2 aromatic rings. The number of nitrogens with one attached hydrogen (secondary N) is 1. The van der Waals surface area contributed by atoms with Gasteiger partial charge >= 0.3 is 0 Å². The van der Waals surface area contributed by atoms with E-state index in [1.165, 1.54) is 17.7 Å². The lowest BCUT2D eigenvalue weighted by Gasteiger charge is -2.16. The summed E-state index contributed by atoms with van der Waals surface area (Å²) in [5, 5.41) is 3.83. The highest BCUT2D eigenvalue weighted by atomic mass is 35.5. The van der Waals surface area contributed by atoms with Crippen LogP contribution in [0.2, 0.25) is 5.02 Å². The predicted octanol–water partition coefficient (Wildman–Crippen LogP) is 4.03. The molecular formula is C15H16ClFN2. The van der Waals surface area contributed by atoms with Crippen molar-refractivity contribution in [3.05, 3.63) is 64.2 Å². The van der Waals surface area contributed by atoms with Gasteiger partial charge in [-0.1, -0.05) is 17.7 Å². The van der Waals surface area contributed by atoms with Crippen molar-refractivity contribution in [1.82, 2.24) is 10.3 Å². The second-order valence-electron chi connectivity index (χ2n) is 4.57. The van der Waals surface area contributed by atoms with E-state index in [9.17, 15) is 4.39 Å². The smallest absolute Gasteiger partial charge is 0.124 e. The summed E-state index contributed by atoms with van der Waals surface area (Å²) in [6.07, 6.45) is 3.62. The van der Waals surface area contributed by atoms with E-state index in [0.717, 1.165) is 17.7 Å². The van der Waals surface area contributed by atoms with Crippen molar-refractivity contribution in [3.63, 3.8) is 0 Å². The molecule has 1 atom stereocenters. The molecule has 1 aromatic carbocycles. The molecule has 2 rings (SSSR count). The summed E-state index contributed by atoms with van der Waals surface area (Å²) in [4.78, 5) is 4.06. The second-order valence-corrected chi connectivity index (χ2v) is 4.98. The lowest BCUT2D eigenvalue weighted by atomic mass is 10.1. The zero-order valence-electron chi connectivity index (χ0n) is 11.0. The summed E-state index contributed by atoms with van der Waals surface area (Å²) in [5.74, 6) is -0.314. The number of benzene rings is 1. The van der Waals surface area contributed by atoms with Gasteiger partial charge in [-0.05, 0) is 48.7 Å². The molecule has 1 aromatic heterocycles. The number of aromatic nitrogens is 1. The molecule has 0 aliphatic heterocycles. The SMILES string of the molecule is Cc1cnccc1CNC(C)c1ccc(F)cc1Cl. The Labute approximate surface area is 117 Å². The van der Waals surface area contributed by atoms with E-state index >= 15 is 0 Å². The molecule has 0 spiro atoms. The van der Waals surface area contributed by atoms with Crippen LogP contribution in [0.15, 0.2) is 36.7 Å². The van der Waals surface area contributed by atoms with E-state index in [1.54, 1.807) is 12.3 Å². The molecule has 0 bridgehead atoms. The third-order valence-electron chi connectivity index (χ3n) is 3.16. The van der Waals surface area contributed by atoms with Gasteiger partial charge < -0.3 is 5.32 Å². The Morgan fingerprint density at radius 1 is 1.37 bits per heavy atom. The second kappa shape index (κ2) is 6.13. The third-order valence-corrected chi connectivity index (χ3v) is 3.49. The van der Waals surface area contributed by atoms with Gasteiger partial charge in [0, 0.05) is 30.0 Å². The summed E-state index contributed by atoms with van der Waals surface area (Å²) in [7, 11) is 0. The number of rotatable bonds is 4. The van der Waals surface area contributed by atoms with Crippen molar-refractivity contribution in [1.29, 1.82) is 0 Å². The van der Waals surface area contributed by atoms with E-state index in [4.69, 9.17) is 11.6 Å². The summed E-state index contributed by atoms with van der Waals surface area (Å²) in [5.41, 5.74) is 3.24. The van der Waals surface area contributed by atoms with Crippen LogP contribution < -0.4 is 5.32 Å². The Morgan fingerprint density at radius 3 is 2.84 bits per heavy atom. The quantitative estimate of drug-likeness (QED) is 0.913. The number of aryl methyl sites for hydroxylation is 1. The van der Waals surface area contributed by atoms with E-state index in [-0.39, 0.29) is 11.9 Å². The fourth-order valence-corrected chi connectivity index (χ4v) is 2.26. The first-order valence-corrected chi connectivity index (χ1v) is 6.53. The van der Waals surface area contributed by atoms with Gasteiger partial charge in [0.15, 0.2) is 0 Å². The summed E-state index contributed by atoms with van der Waals surface area (Å²) in [6, 6.07) is 6.53. The van der Waals surface area contributed by atoms with Crippen molar-refractivity contribution in [3.8, 4) is 0 Å². The highest BCUT2D eigenvalue weighted by molar-refractivity contribution is 6.31. The number of hydrogen-bond donors (Lipinski definition) is 1. The average Bonchev–Trinajstić information content (AvgIpc) is 2.37. The molecule has 0 aliphatic carbocycles. The van der Waals surface area contributed by atoms with E-state index < -0.39 is 0 Å². The van der Waals surface area contributed by atoms with Crippen LogP contribution in [0.3, 0.4) is 0 Å². The maximum absolute atomic E-state index is 13.0. The Morgan fingerprint density at radius 2 is 2.16 bits per heavy atom. The third kappa shape index (κ3) is 3.52. The van der Waals surface area contributed by atoms with Gasteiger partial charge in [0.1, 0.15) is 5.82 Å². The Balaban J connectivity index is 2.05. The standard InChI is InChI=1S/C15H16ClFN2/c1-10-8-18-6-5-12(10)9-19-11(2)14-4-3-13(17)7-15(14)16/h3-8,11,19H,9H2,1-2H3.